The molecule has 0 aromatic rings. The fourth-order valence-corrected chi connectivity index (χ4v) is 1.02. The van der Waals surface area contributed by atoms with Gasteiger partial charge >= 0.3 is 11.9 Å². The monoisotopic (exact) mass is 280 g/mol. The van der Waals surface area contributed by atoms with Gasteiger partial charge in [0.25, 0.3) is 0 Å². The van der Waals surface area contributed by atoms with E-state index >= 15 is 0 Å². The van der Waals surface area contributed by atoms with Crippen LogP contribution in [-0.2, 0) is 23.8 Å². The van der Waals surface area contributed by atoms with Crippen molar-refractivity contribution in [3.8, 4) is 0 Å². The van der Waals surface area contributed by atoms with E-state index in [1.165, 1.54) is 0 Å². The summed E-state index contributed by atoms with van der Waals surface area (Å²) in [5.74, 6) is -2.91. The number of carboxylic acids is 1. The van der Waals surface area contributed by atoms with Gasteiger partial charge in [0.1, 0.15) is 6.61 Å². The first kappa shape index (κ1) is 17.8. The molecule has 0 aromatic carbocycles. The number of hydrogen-bond acceptors (Lipinski definition) is 7. The molecule has 0 saturated heterocycles. The van der Waals surface area contributed by atoms with Gasteiger partial charge in [0.15, 0.2) is 12.2 Å². The summed E-state index contributed by atoms with van der Waals surface area (Å²) in [5, 5.41) is 26.3. The number of hydrogen-bond donors (Lipinski definition) is 3. The average molecular weight is 280 g/mol. The highest BCUT2D eigenvalue weighted by atomic mass is 16.6. The number of aliphatic hydroxyl groups is 2. The number of esters is 1. The van der Waals surface area contributed by atoms with E-state index in [0.717, 1.165) is 6.42 Å². The molecule has 0 bridgehead atoms. The lowest BCUT2D eigenvalue weighted by molar-refractivity contribution is -0.170. The first-order valence-corrected chi connectivity index (χ1v) is 5.91. The zero-order valence-corrected chi connectivity index (χ0v) is 10.8. The predicted octanol–water partition coefficient (Wildman–Crippen LogP) is -1.22. The van der Waals surface area contributed by atoms with Crippen molar-refractivity contribution in [2.75, 3.05) is 33.0 Å². The lowest BCUT2D eigenvalue weighted by Gasteiger charge is -2.13. The molecule has 2 unspecified atom stereocenters. The Hall–Kier alpha value is -1.22. The second-order valence-corrected chi connectivity index (χ2v) is 3.62. The molecule has 0 saturated carbocycles. The number of ether oxygens (including phenoxy) is 3. The van der Waals surface area contributed by atoms with Crippen LogP contribution in [0.5, 0.6) is 0 Å². The molecule has 0 aliphatic rings. The predicted molar refractivity (Wildman–Crippen MR) is 62.5 cm³/mol. The van der Waals surface area contributed by atoms with Gasteiger partial charge in [-0.3, -0.25) is 0 Å². The molecule has 8 heteroatoms. The molecule has 0 amide bonds. The van der Waals surface area contributed by atoms with Gasteiger partial charge in [0, 0.05) is 6.61 Å². The molecule has 0 heterocycles. The van der Waals surface area contributed by atoms with Gasteiger partial charge in [-0.25, -0.2) is 9.59 Å². The van der Waals surface area contributed by atoms with Gasteiger partial charge < -0.3 is 29.5 Å². The normalized spacial score (nSPS) is 13.8. The summed E-state index contributed by atoms with van der Waals surface area (Å²) >= 11 is 0. The van der Waals surface area contributed by atoms with Gasteiger partial charge in [-0.15, -0.1) is 0 Å². The Kier molecular flexibility index (Phi) is 9.99. The van der Waals surface area contributed by atoms with E-state index in [9.17, 15) is 9.59 Å². The van der Waals surface area contributed by atoms with Gasteiger partial charge in [0.2, 0.25) is 0 Å². The highest BCUT2D eigenvalue weighted by molar-refractivity contribution is 5.84. The van der Waals surface area contributed by atoms with E-state index in [4.69, 9.17) is 24.8 Å². The number of carbonyl (C=O) groups excluding carboxylic acids is 1. The maximum absolute atomic E-state index is 11.1. The third-order valence-corrected chi connectivity index (χ3v) is 1.99. The highest BCUT2D eigenvalue weighted by Gasteiger charge is 2.31. The van der Waals surface area contributed by atoms with Gasteiger partial charge in [0.05, 0.1) is 19.8 Å². The van der Waals surface area contributed by atoms with E-state index in [1.54, 1.807) is 0 Å². The molecule has 19 heavy (non-hydrogen) atoms. The Labute approximate surface area is 110 Å². The average Bonchev–Trinajstić information content (AvgIpc) is 2.39. The van der Waals surface area contributed by atoms with Crippen LogP contribution in [0, 0.1) is 0 Å². The maximum atomic E-state index is 11.1. The smallest absolute Gasteiger partial charge is 0.338 e. The van der Waals surface area contributed by atoms with Crippen LogP contribution in [0.25, 0.3) is 0 Å². The third kappa shape index (κ3) is 8.49. The molecular formula is C11H20O8. The van der Waals surface area contributed by atoms with Crippen LogP contribution in [-0.4, -0.2) is 72.5 Å². The summed E-state index contributed by atoms with van der Waals surface area (Å²) in [6, 6.07) is 0. The second-order valence-electron chi connectivity index (χ2n) is 3.62. The summed E-state index contributed by atoms with van der Waals surface area (Å²) in [7, 11) is 0. The number of rotatable bonds is 11. The molecule has 0 aromatic heterocycles. The molecule has 0 spiro atoms. The van der Waals surface area contributed by atoms with Gasteiger partial charge in [-0.1, -0.05) is 6.92 Å². The fraction of sp³-hybridized carbons (Fsp3) is 0.818. The Morgan fingerprint density at radius 1 is 0.947 bits per heavy atom. The number of aliphatic carboxylic acids is 1. The molecular weight excluding hydrogens is 260 g/mol. The van der Waals surface area contributed by atoms with Crippen LogP contribution < -0.4 is 0 Å². The molecule has 2 atom stereocenters. The van der Waals surface area contributed by atoms with Gasteiger partial charge in [-0.05, 0) is 6.42 Å². The Balaban J connectivity index is 3.55. The molecule has 112 valence electrons. The van der Waals surface area contributed by atoms with Crippen LogP contribution in [0.4, 0.5) is 0 Å². The van der Waals surface area contributed by atoms with E-state index in [1.807, 2.05) is 6.92 Å². The minimum atomic E-state index is -2.20. The van der Waals surface area contributed by atoms with Crippen molar-refractivity contribution >= 4 is 11.9 Å². The number of carboxylic acid groups (broad SMARTS) is 1. The second kappa shape index (κ2) is 10.7. The van der Waals surface area contributed by atoms with Crippen LogP contribution in [0.2, 0.25) is 0 Å². The van der Waals surface area contributed by atoms with Crippen LogP contribution in [0.3, 0.4) is 0 Å². The third-order valence-electron chi connectivity index (χ3n) is 1.99. The van der Waals surface area contributed by atoms with E-state index in [2.05, 4.69) is 4.74 Å². The van der Waals surface area contributed by atoms with E-state index in [0.29, 0.717) is 19.8 Å². The lowest BCUT2D eigenvalue weighted by atomic mass is 10.2. The summed E-state index contributed by atoms with van der Waals surface area (Å²) < 4.78 is 14.7. The number of carbonyl (C=O) groups is 2. The van der Waals surface area contributed by atoms with Crippen molar-refractivity contribution in [2.24, 2.45) is 0 Å². The van der Waals surface area contributed by atoms with Crippen molar-refractivity contribution < 1.29 is 39.1 Å². The van der Waals surface area contributed by atoms with E-state index in [-0.39, 0.29) is 13.2 Å². The molecule has 0 aliphatic heterocycles. The van der Waals surface area contributed by atoms with Crippen LogP contribution in [0.1, 0.15) is 13.3 Å². The quantitative estimate of drug-likeness (QED) is 0.318. The minimum Gasteiger partial charge on any atom is -0.479 e. The fourth-order valence-electron chi connectivity index (χ4n) is 1.02. The molecule has 0 rings (SSSR count). The van der Waals surface area contributed by atoms with Crippen molar-refractivity contribution in [1.29, 1.82) is 0 Å². The van der Waals surface area contributed by atoms with Crippen LogP contribution in [0.15, 0.2) is 0 Å². The summed E-state index contributed by atoms with van der Waals surface area (Å²) in [5.41, 5.74) is 0. The zero-order chi connectivity index (χ0) is 14.7. The molecule has 0 fully saturated rings. The van der Waals surface area contributed by atoms with Gasteiger partial charge in [-0.2, -0.15) is 0 Å². The highest BCUT2D eigenvalue weighted by Crippen LogP contribution is 1.97. The van der Waals surface area contributed by atoms with Crippen molar-refractivity contribution in [1.82, 2.24) is 0 Å². The van der Waals surface area contributed by atoms with Crippen molar-refractivity contribution in [3.63, 3.8) is 0 Å². The standard InChI is InChI=1S/C11H20O8/c1-2-3-17-4-5-18-6-7-19-11(16)9(13)8(12)10(14)15/h8-9,12-13H,2-7H2,1H3,(H,14,15). The molecule has 0 radical (unpaired) electrons. The Bertz CT molecular complexity index is 267. The minimum absolute atomic E-state index is 0.0944. The first-order valence-electron chi connectivity index (χ1n) is 5.91. The maximum Gasteiger partial charge on any atom is 0.338 e. The molecule has 8 nitrogen and oxygen atoms in total. The largest absolute Gasteiger partial charge is 0.479 e. The summed E-state index contributed by atoms with van der Waals surface area (Å²) in [6.45, 7) is 3.36. The number of aliphatic hydroxyl groups excluding tert-OH is 2. The first-order chi connectivity index (χ1) is 9.00. The lowest BCUT2D eigenvalue weighted by Crippen LogP contribution is -2.40. The molecule has 3 N–H and O–H groups in total. The molecule has 0 aliphatic carbocycles. The Morgan fingerprint density at radius 3 is 2.00 bits per heavy atom. The van der Waals surface area contributed by atoms with E-state index < -0.39 is 24.1 Å². The summed E-state index contributed by atoms with van der Waals surface area (Å²) in [6.07, 6.45) is -3.39. The van der Waals surface area contributed by atoms with Crippen molar-refractivity contribution in [2.45, 2.75) is 25.6 Å². The Morgan fingerprint density at radius 2 is 1.47 bits per heavy atom. The van der Waals surface area contributed by atoms with Crippen molar-refractivity contribution in [3.05, 3.63) is 0 Å². The topological polar surface area (TPSA) is 123 Å². The summed E-state index contributed by atoms with van der Waals surface area (Å²) in [4.78, 5) is 21.4. The van der Waals surface area contributed by atoms with Crippen LogP contribution >= 0.6 is 0 Å². The SMILES string of the molecule is CCCOCCOCCOC(=O)C(O)C(O)C(=O)O. The zero-order valence-electron chi connectivity index (χ0n) is 10.8.